The minimum absolute atomic E-state index is 0.0130. The van der Waals surface area contributed by atoms with E-state index in [0.29, 0.717) is 6.42 Å². The Morgan fingerprint density at radius 2 is 1.15 bits per heavy atom. The third-order valence-corrected chi connectivity index (χ3v) is 17.9. The lowest BCUT2D eigenvalue weighted by Gasteiger charge is -2.59. The van der Waals surface area contributed by atoms with Gasteiger partial charge in [0.2, 0.25) is 6.41 Å². The third-order valence-electron chi connectivity index (χ3n) is 17.9. The molecule has 0 heterocycles. The highest BCUT2D eigenvalue weighted by atomic mass is 16.5. The van der Waals surface area contributed by atoms with Crippen LogP contribution in [0.2, 0.25) is 0 Å². The predicted octanol–water partition coefficient (Wildman–Crippen LogP) is 12.4. The number of ether oxygens (including phenoxy) is 1. The maximum Gasteiger partial charge on any atom is 0.302 e. The summed E-state index contributed by atoms with van der Waals surface area (Å²) in [7, 11) is 0. The van der Waals surface area contributed by atoms with Gasteiger partial charge >= 0.3 is 5.97 Å². The maximum atomic E-state index is 12.8. The Morgan fingerprint density at radius 1 is 0.660 bits per heavy atom. The standard InChI is InChI=1S/C47H94N2O4/c1-20-40(12,13)36(48)30-46(26-7,27-8)47(28-9,29-10)37(49-34-50)31-44(18,24-5)45(19,25-6)38(52)32-43(17,23-4)41(14,15)39(53-35(11)51)33-42(16,21-2)22-3/h34,36-39,52H,20-33,48H2,1-19H3,(H,49,50). The van der Waals surface area contributed by atoms with Crippen LogP contribution in [0.3, 0.4) is 0 Å². The minimum atomic E-state index is -0.612. The van der Waals surface area contributed by atoms with Gasteiger partial charge < -0.3 is 20.9 Å². The number of nitrogens with one attached hydrogen (secondary N) is 1. The van der Waals surface area contributed by atoms with E-state index in [9.17, 15) is 14.7 Å². The fourth-order valence-corrected chi connectivity index (χ4v) is 10.6. The Hall–Kier alpha value is -1.14. The van der Waals surface area contributed by atoms with Crippen LogP contribution in [-0.4, -0.2) is 41.8 Å². The lowest BCUT2D eigenvalue weighted by Crippen LogP contribution is -2.60. The van der Waals surface area contributed by atoms with Crippen LogP contribution in [0.1, 0.15) is 221 Å². The number of amides is 1. The second-order valence-corrected chi connectivity index (χ2v) is 19.9. The summed E-state index contributed by atoms with van der Waals surface area (Å²) in [6.07, 6.45) is 12.5. The van der Waals surface area contributed by atoms with Crippen LogP contribution in [0, 0.1) is 43.3 Å². The molecule has 0 fully saturated rings. The zero-order valence-electron chi connectivity index (χ0n) is 39.0. The SMILES string of the molecule is CCC(C)(CC)CC(OC(C)=O)C(C)(C)C(C)(CC)CC(O)C(C)(CC)C(C)(CC)CC(NC=O)C(CC)(CC)C(CC)(CC)CC(N)C(C)(C)CC. The van der Waals surface area contributed by atoms with Crippen molar-refractivity contribution in [3.63, 3.8) is 0 Å². The highest BCUT2D eigenvalue weighted by Gasteiger charge is 2.58. The first-order valence-electron chi connectivity index (χ1n) is 22.1. The molecule has 316 valence electrons. The Morgan fingerprint density at radius 3 is 1.49 bits per heavy atom. The topological polar surface area (TPSA) is 102 Å². The van der Waals surface area contributed by atoms with Crippen LogP contribution in [0.25, 0.3) is 0 Å². The third kappa shape index (κ3) is 10.6. The van der Waals surface area contributed by atoms with Crippen LogP contribution in [0.5, 0.6) is 0 Å². The molecule has 6 nitrogen and oxygen atoms in total. The van der Waals surface area contributed by atoms with Gasteiger partial charge in [0.25, 0.3) is 0 Å². The fraction of sp³-hybridized carbons (Fsp3) is 0.957. The van der Waals surface area contributed by atoms with Crippen LogP contribution in [0.15, 0.2) is 0 Å². The summed E-state index contributed by atoms with van der Waals surface area (Å²) in [4.78, 5) is 25.2. The van der Waals surface area contributed by atoms with E-state index in [1.165, 1.54) is 6.92 Å². The molecule has 0 saturated carbocycles. The van der Waals surface area contributed by atoms with E-state index in [4.69, 9.17) is 10.5 Å². The molecule has 0 aromatic rings. The highest BCUT2D eigenvalue weighted by Crippen LogP contribution is 2.61. The van der Waals surface area contributed by atoms with Gasteiger partial charge in [-0.3, -0.25) is 9.59 Å². The smallest absolute Gasteiger partial charge is 0.302 e. The molecular weight excluding hydrogens is 657 g/mol. The van der Waals surface area contributed by atoms with E-state index < -0.39 is 16.9 Å². The van der Waals surface area contributed by atoms with E-state index in [0.717, 1.165) is 89.9 Å². The van der Waals surface area contributed by atoms with Crippen molar-refractivity contribution < 1.29 is 19.4 Å². The van der Waals surface area contributed by atoms with Gasteiger partial charge in [-0.1, -0.05) is 144 Å². The average molecular weight is 751 g/mol. The van der Waals surface area contributed by atoms with Crippen molar-refractivity contribution in [1.82, 2.24) is 5.32 Å². The van der Waals surface area contributed by atoms with Gasteiger partial charge in [-0.25, -0.2) is 0 Å². The van der Waals surface area contributed by atoms with Crippen molar-refractivity contribution in [2.75, 3.05) is 0 Å². The molecule has 7 atom stereocenters. The molecule has 1 amide bonds. The maximum absolute atomic E-state index is 12.8. The number of hydrogen-bond donors (Lipinski definition) is 3. The fourth-order valence-electron chi connectivity index (χ4n) is 10.6. The van der Waals surface area contributed by atoms with Crippen molar-refractivity contribution in [2.24, 2.45) is 49.1 Å². The molecule has 0 aliphatic heterocycles. The molecule has 4 N–H and O–H groups in total. The molecule has 0 bridgehead atoms. The molecule has 53 heavy (non-hydrogen) atoms. The second-order valence-electron chi connectivity index (χ2n) is 19.9. The number of carbonyl (C=O) groups excluding carboxylic acids is 2. The molecule has 0 aromatic carbocycles. The molecule has 0 aliphatic carbocycles. The summed E-state index contributed by atoms with van der Waals surface area (Å²) in [6.45, 7) is 42.6. The number of carbonyl (C=O) groups is 2. The zero-order valence-corrected chi connectivity index (χ0v) is 39.0. The van der Waals surface area contributed by atoms with Crippen LogP contribution >= 0.6 is 0 Å². The summed E-state index contributed by atoms with van der Waals surface area (Å²) < 4.78 is 6.22. The number of aliphatic hydroxyl groups is 1. The first-order valence-corrected chi connectivity index (χ1v) is 22.1. The quantitative estimate of drug-likeness (QED) is 0.0546. The molecular formula is C47H94N2O4. The van der Waals surface area contributed by atoms with Crippen molar-refractivity contribution >= 4 is 12.4 Å². The van der Waals surface area contributed by atoms with Crippen LogP contribution in [0.4, 0.5) is 0 Å². The van der Waals surface area contributed by atoms with E-state index >= 15 is 0 Å². The molecule has 0 spiro atoms. The predicted molar refractivity (Wildman–Crippen MR) is 229 cm³/mol. The number of rotatable bonds is 28. The Kier molecular flexibility index (Phi) is 19.9. The average Bonchev–Trinajstić information content (AvgIpc) is 3.13. The molecule has 0 rings (SSSR count). The van der Waals surface area contributed by atoms with E-state index in [-0.39, 0.29) is 56.6 Å². The lowest BCUT2D eigenvalue weighted by atomic mass is 9.47. The van der Waals surface area contributed by atoms with Gasteiger partial charge in [-0.15, -0.1) is 0 Å². The van der Waals surface area contributed by atoms with Crippen LogP contribution < -0.4 is 11.1 Å². The molecule has 0 aliphatic rings. The van der Waals surface area contributed by atoms with Crippen molar-refractivity contribution in [3.8, 4) is 0 Å². The summed E-state index contributed by atoms with van der Waals surface area (Å²) in [6, 6.07) is -0.0431. The highest BCUT2D eigenvalue weighted by molar-refractivity contribution is 5.66. The summed E-state index contributed by atoms with van der Waals surface area (Å²) in [5.41, 5.74) is 5.46. The summed E-state index contributed by atoms with van der Waals surface area (Å²) in [5.74, 6) is -0.243. The van der Waals surface area contributed by atoms with E-state index in [2.05, 4.69) is 130 Å². The molecule has 0 radical (unpaired) electrons. The van der Waals surface area contributed by atoms with Gasteiger partial charge in [0.1, 0.15) is 6.10 Å². The summed E-state index contributed by atoms with van der Waals surface area (Å²) in [5, 5.41) is 16.2. The molecule has 6 heteroatoms. The zero-order chi connectivity index (χ0) is 41.9. The normalized spacial score (nSPS) is 19.3. The van der Waals surface area contributed by atoms with E-state index in [1.807, 2.05) is 0 Å². The van der Waals surface area contributed by atoms with Crippen LogP contribution in [-0.2, 0) is 14.3 Å². The van der Waals surface area contributed by atoms with Gasteiger partial charge in [-0.2, -0.15) is 0 Å². The van der Waals surface area contributed by atoms with Gasteiger partial charge in [0, 0.05) is 24.4 Å². The number of nitrogens with two attached hydrogens (primary N) is 1. The number of aliphatic hydroxyl groups excluding tert-OH is 1. The minimum Gasteiger partial charge on any atom is -0.462 e. The Bertz CT molecular complexity index is 1090. The first kappa shape index (κ1) is 51.9. The monoisotopic (exact) mass is 751 g/mol. The Labute approximate surface area is 331 Å². The van der Waals surface area contributed by atoms with Crippen molar-refractivity contribution in [3.05, 3.63) is 0 Å². The summed E-state index contributed by atoms with van der Waals surface area (Å²) >= 11 is 0. The molecule has 0 aromatic heterocycles. The lowest BCUT2D eigenvalue weighted by molar-refractivity contribution is -0.170. The first-order chi connectivity index (χ1) is 24.3. The number of esters is 1. The number of hydrogen-bond acceptors (Lipinski definition) is 5. The molecule has 7 unspecified atom stereocenters. The van der Waals surface area contributed by atoms with Gasteiger partial charge in [0.05, 0.1) is 6.10 Å². The van der Waals surface area contributed by atoms with Gasteiger partial charge in [0.15, 0.2) is 0 Å². The van der Waals surface area contributed by atoms with Crippen molar-refractivity contribution in [2.45, 2.75) is 246 Å². The largest absolute Gasteiger partial charge is 0.462 e. The Balaban J connectivity index is 7.36. The second kappa shape index (κ2) is 20.3. The molecule has 0 saturated heterocycles. The van der Waals surface area contributed by atoms with Gasteiger partial charge in [-0.05, 0) is 109 Å². The van der Waals surface area contributed by atoms with E-state index in [1.54, 1.807) is 0 Å². The van der Waals surface area contributed by atoms with Crippen molar-refractivity contribution in [1.29, 1.82) is 0 Å².